The Kier molecular flexibility index (Phi) is 5.54. The Labute approximate surface area is 109 Å². The highest BCUT2D eigenvalue weighted by atomic mass is 35.5. The molecule has 0 atom stereocenters. The molecule has 0 aliphatic heterocycles. The first-order valence-electron chi connectivity index (χ1n) is 5.36. The van der Waals surface area contributed by atoms with Crippen molar-refractivity contribution in [3.63, 3.8) is 0 Å². The Balaban J connectivity index is 2.53. The Morgan fingerprint density at radius 2 is 2.22 bits per heavy atom. The van der Waals surface area contributed by atoms with Crippen LogP contribution in [0.2, 0.25) is 5.02 Å². The summed E-state index contributed by atoms with van der Waals surface area (Å²) in [4.78, 5) is 20.6. The molecule has 0 aromatic heterocycles. The van der Waals surface area contributed by atoms with Crippen LogP contribution in [0.4, 0.5) is 5.69 Å². The van der Waals surface area contributed by atoms with Crippen LogP contribution in [0.15, 0.2) is 18.2 Å². The van der Waals surface area contributed by atoms with Crippen LogP contribution >= 0.6 is 11.6 Å². The summed E-state index contributed by atoms with van der Waals surface area (Å²) in [6.07, 6.45) is 0.550. The van der Waals surface area contributed by atoms with E-state index >= 15 is 0 Å². The van der Waals surface area contributed by atoms with Gasteiger partial charge in [0, 0.05) is 29.6 Å². The van der Waals surface area contributed by atoms with E-state index in [1.807, 2.05) is 0 Å². The number of carboxylic acid groups (broad SMARTS) is 1. The number of nitrogens with zero attached hydrogens (tertiary/aromatic N) is 1. The van der Waals surface area contributed by atoms with Gasteiger partial charge in [-0.1, -0.05) is 11.6 Å². The molecule has 18 heavy (non-hydrogen) atoms. The molecule has 0 saturated heterocycles. The van der Waals surface area contributed by atoms with Gasteiger partial charge in [-0.25, -0.2) is 0 Å². The summed E-state index contributed by atoms with van der Waals surface area (Å²) in [5, 5.41) is 22.6. The van der Waals surface area contributed by atoms with Gasteiger partial charge < -0.3 is 10.4 Å². The van der Waals surface area contributed by atoms with E-state index in [-0.39, 0.29) is 18.7 Å². The molecule has 0 unspecified atom stereocenters. The van der Waals surface area contributed by atoms with Gasteiger partial charge in [0.25, 0.3) is 5.69 Å². The number of hydrogen-bond donors (Lipinski definition) is 2. The first kappa shape index (κ1) is 14.4. The normalized spacial score (nSPS) is 10.3. The number of halogens is 1. The van der Waals surface area contributed by atoms with E-state index < -0.39 is 10.9 Å². The predicted octanol–water partition coefficient (Wildman–Crippen LogP) is 2.20. The number of nitro benzene ring substituents is 1. The van der Waals surface area contributed by atoms with E-state index in [0.29, 0.717) is 23.6 Å². The predicted molar refractivity (Wildman–Crippen MR) is 66.7 cm³/mol. The lowest BCUT2D eigenvalue weighted by atomic mass is 10.2. The summed E-state index contributed by atoms with van der Waals surface area (Å²) < 4.78 is 0. The number of nitro groups is 1. The third-order valence-electron chi connectivity index (χ3n) is 2.30. The van der Waals surface area contributed by atoms with Crippen LogP contribution in [-0.4, -0.2) is 22.5 Å². The molecule has 0 bridgehead atoms. The first-order valence-corrected chi connectivity index (χ1v) is 5.74. The highest BCUT2D eigenvalue weighted by Crippen LogP contribution is 2.22. The SMILES string of the molecule is O=C(O)CCCNCc1cc(Cl)ccc1[N+](=O)[O-]. The summed E-state index contributed by atoms with van der Waals surface area (Å²) in [5.74, 6) is -0.856. The summed E-state index contributed by atoms with van der Waals surface area (Å²) >= 11 is 5.78. The number of rotatable bonds is 7. The van der Waals surface area contributed by atoms with E-state index in [9.17, 15) is 14.9 Å². The zero-order valence-corrected chi connectivity index (χ0v) is 10.3. The number of benzene rings is 1. The number of carbonyl (C=O) groups is 1. The van der Waals surface area contributed by atoms with Gasteiger partial charge in [0.15, 0.2) is 0 Å². The fraction of sp³-hybridized carbons (Fsp3) is 0.364. The second-order valence-corrected chi connectivity index (χ2v) is 4.14. The molecular weight excluding hydrogens is 260 g/mol. The smallest absolute Gasteiger partial charge is 0.303 e. The molecule has 0 heterocycles. The lowest BCUT2D eigenvalue weighted by molar-refractivity contribution is -0.385. The molecule has 1 aromatic rings. The van der Waals surface area contributed by atoms with Crippen LogP contribution in [0.3, 0.4) is 0 Å². The number of aliphatic carboxylic acids is 1. The number of hydrogen-bond acceptors (Lipinski definition) is 4. The Morgan fingerprint density at radius 3 is 2.83 bits per heavy atom. The van der Waals surface area contributed by atoms with Crippen LogP contribution in [-0.2, 0) is 11.3 Å². The minimum atomic E-state index is -0.856. The summed E-state index contributed by atoms with van der Waals surface area (Å²) in [6, 6.07) is 4.36. The molecular formula is C11H13ClN2O4. The molecule has 0 aliphatic rings. The van der Waals surface area contributed by atoms with E-state index in [4.69, 9.17) is 16.7 Å². The lowest BCUT2D eigenvalue weighted by Gasteiger charge is -2.05. The molecule has 0 amide bonds. The van der Waals surface area contributed by atoms with Crippen molar-refractivity contribution in [3.05, 3.63) is 38.9 Å². The maximum absolute atomic E-state index is 10.8. The van der Waals surface area contributed by atoms with Gasteiger partial charge in [-0.2, -0.15) is 0 Å². The highest BCUT2D eigenvalue weighted by Gasteiger charge is 2.13. The third-order valence-corrected chi connectivity index (χ3v) is 2.53. The number of carboxylic acids is 1. The van der Waals surface area contributed by atoms with Crippen LogP contribution in [0, 0.1) is 10.1 Å². The van der Waals surface area contributed by atoms with Crippen molar-refractivity contribution in [2.24, 2.45) is 0 Å². The van der Waals surface area contributed by atoms with Crippen molar-refractivity contribution >= 4 is 23.3 Å². The molecule has 0 aliphatic carbocycles. The van der Waals surface area contributed by atoms with Gasteiger partial charge in [-0.05, 0) is 25.1 Å². The largest absolute Gasteiger partial charge is 0.481 e. The molecule has 0 spiro atoms. The van der Waals surface area contributed by atoms with Crippen molar-refractivity contribution < 1.29 is 14.8 Å². The maximum Gasteiger partial charge on any atom is 0.303 e. The van der Waals surface area contributed by atoms with E-state index in [1.165, 1.54) is 18.2 Å². The lowest BCUT2D eigenvalue weighted by Crippen LogP contribution is -2.16. The molecule has 6 nitrogen and oxygen atoms in total. The van der Waals surface area contributed by atoms with Crippen molar-refractivity contribution in [1.82, 2.24) is 5.32 Å². The molecule has 98 valence electrons. The van der Waals surface area contributed by atoms with Crippen LogP contribution < -0.4 is 5.32 Å². The third kappa shape index (κ3) is 4.68. The van der Waals surface area contributed by atoms with Gasteiger partial charge in [-0.3, -0.25) is 14.9 Å². The van der Waals surface area contributed by atoms with Gasteiger partial charge in [0.1, 0.15) is 0 Å². The molecule has 0 radical (unpaired) electrons. The second-order valence-electron chi connectivity index (χ2n) is 3.70. The molecule has 1 rings (SSSR count). The van der Waals surface area contributed by atoms with Crippen molar-refractivity contribution in [2.45, 2.75) is 19.4 Å². The average molecular weight is 273 g/mol. The fourth-order valence-corrected chi connectivity index (χ4v) is 1.66. The molecule has 0 saturated carbocycles. The van der Waals surface area contributed by atoms with Gasteiger partial charge in [0.2, 0.25) is 0 Å². The fourth-order valence-electron chi connectivity index (χ4n) is 1.46. The standard InChI is InChI=1S/C11H13ClN2O4/c12-9-3-4-10(14(17)18)8(6-9)7-13-5-1-2-11(15)16/h3-4,6,13H,1-2,5,7H2,(H,15,16). The van der Waals surface area contributed by atoms with Crippen molar-refractivity contribution in [2.75, 3.05) is 6.54 Å². The van der Waals surface area contributed by atoms with Crippen LogP contribution in [0.25, 0.3) is 0 Å². The monoisotopic (exact) mass is 272 g/mol. The second kappa shape index (κ2) is 6.93. The van der Waals surface area contributed by atoms with Gasteiger partial charge in [-0.15, -0.1) is 0 Å². The summed E-state index contributed by atoms with van der Waals surface area (Å²) in [6.45, 7) is 0.770. The quantitative estimate of drug-likeness (QED) is 0.451. The van der Waals surface area contributed by atoms with Crippen LogP contribution in [0.5, 0.6) is 0 Å². The van der Waals surface area contributed by atoms with Crippen molar-refractivity contribution in [1.29, 1.82) is 0 Å². The van der Waals surface area contributed by atoms with Crippen molar-refractivity contribution in [3.8, 4) is 0 Å². The number of nitrogens with one attached hydrogen (secondary N) is 1. The van der Waals surface area contributed by atoms with E-state index in [1.54, 1.807) is 0 Å². The van der Waals surface area contributed by atoms with E-state index in [0.717, 1.165) is 0 Å². The molecule has 0 fully saturated rings. The summed E-state index contributed by atoms with van der Waals surface area (Å²) in [5.41, 5.74) is 0.493. The maximum atomic E-state index is 10.8. The first-order chi connectivity index (χ1) is 8.50. The minimum absolute atomic E-state index is 0.00475. The Bertz CT molecular complexity index is 451. The zero-order chi connectivity index (χ0) is 13.5. The highest BCUT2D eigenvalue weighted by molar-refractivity contribution is 6.30. The topological polar surface area (TPSA) is 92.5 Å². The Hall–Kier alpha value is -1.66. The average Bonchev–Trinajstić information content (AvgIpc) is 2.27. The minimum Gasteiger partial charge on any atom is -0.481 e. The molecule has 2 N–H and O–H groups in total. The van der Waals surface area contributed by atoms with Crippen LogP contribution in [0.1, 0.15) is 18.4 Å². The molecule has 1 aromatic carbocycles. The molecule has 7 heteroatoms. The zero-order valence-electron chi connectivity index (χ0n) is 9.56. The Morgan fingerprint density at radius 1 is 1.50 bits per heavy atom. The van der Waals surface area contributed by atoms with E-state index in [2.05, 4.69) is 5.32 Å². The van der Waals surface area contributed by atoms with Gasteiger partial charge in [0.05, 0.1) is 4.92 Å². The van der Waals surface area contributed by atoms with Gasteiger partial charge >= 0.3 is 5.97 Å². The summed E-state index contributed by atoms with van der Waals surface area (Å²) in [7, 11) is 0.